The fourth-order valence-corrected chi connectivity index (χ4v) is 5.21. The minimum absolute atomic E-state index is 0.648. The van der Waals surface area contributed by atoms with Crippen molar-refractivity contribution in [1.82, 2.24) is 15.0 Å². The van der Waals surface area contributed by atoms with Crippen molar-refractivity contribution in [3.63, 3.8) is 0 Å². The SMILES string of the molecule is Cc1ccc(-c2ccc(-c3nc(-c4ccc(-c5ccccc5)cc4)nc(-c4ccc(-c5ccccc5)cc4)n3)cc2)cc1. The molecule has 0 atom stereocenters. The lowest BCUT2D eigenvalue weighted by Crippen LogP contribution is -2.00. The van der Waals surface area contributed by atoms with E-state index in [1.54, 1.807) is 0 Å². The van der Waals surface area contributed by atoms with Crippen LogP contribution in [-0.2, 0) is 0 Å². The van der Waals surface area contributed by atoms with Gasteiger partial charge >= 0.3 is 0 Å². The fraction of sp³-hybridized carbons (Fsp3) is 0.0250. The minimum atomic E-state index is 0.648. The van der Waals surface area contributed by atoms with Gasteiger partial charge in [0.25, 0.3) is 0 Å². The summed E-state index contributed by atoms with van der Waals surface area (Å²) in [6.45, 7) is 2.10. The van der Waals surface area contributed by atoms with E-state index in [0.717, 1.165) is 33.4 Å². The Morgan fingerprint density at radius 2 is 0.488 bits per heavy atom. The third kappa shape index (κ3) is 5.74. The van der Waals surface area contributed by atoms with Crippen LogP contribution in [0.2, 0.25) is 0 Å². The van der Waals surface area contributed by atoms with Crippen molar-refractivity contribution in [3.05, 3.63) is 163 Å². The van der Waals surface area contributed by atoms with Crippen molar-refractivity contribution in [1.29, 1.82) is 0 Å². The van der Waals surface area contributed by atoms with Crippen LogP contribution in [0.15, 0.2) is 158 Å². The molecule has 43 heavy (non-hydrogen) atoms. The lowest BCUT2D eigenvalue weighted by molar-refractivity contribution is 1.07. The van der Waals surface area contributed by atoms with Gasteiger partial charge in [0.05, 0.1) is 0 Å². The van der Waals surface area contributed by atoms with E-state index in [1.807, 2.05) is 12.1 Å². The zero-order valence-electron chi connectivity index (χ0n) is 23.9. The molecule has 0 unspecified atom stereocenters. The monoisotopic (exact) mass is 551 g/mol. The highest BCUT2D eigenvalue weighted by Gasteiger charge is 2.13. The van der Waals surface area contributed by atoms with Crippen molar-refractivity contribution in [2.45, 2.75) is 6.92 Å². The maximum atomic E-state index is 4.96. The van der Waals surface area contributed by atoms with Crippen LogP contribution in [0.5, 0.6) is 0 Å². The Bertz CT molecular complexity index is 1860. The highest BCUT2D eigenvalue weighted by atomic mass is 15.0. The van der Waals surface area contributed by atoms with E-state index >= 15 is 0 Å². The standard InChI is InChI=1S/C40H29N3/c1-28-12-14-31(15-13-28)34-20-26-37(27-21-34)40-42-38(35-22-16-32(17-23-35)29-8-4-2-5-9-29)41-39(43-40)36-24-18-33(19-25-36)30-10-6-3-7-11-30/h2-27H,1H3. The van der Waals surface area contributed by atoms with E-state index in [9.17, 15) is 0 Å². The third-order valence-electron chi connectivity index (χ3n) is 7.66. The van der Waals surface area contributed by atoms with Crippen LogP contribution >= 0.6 is 0 Å². The molecule has 0 N–H and O–H groups in total. The molecule has 0 aliphatic heterocycles. The van der Waals surface area contributed by atoms with Crippen LogP contribution in [0.3, 0.4) is 0 Å². The topological polar surface area (TPSA) is 38.7 Å². The lowest BCUT2D eigenvalue weighted by Gasteiger charge is -2.10. The molecule has 0 saturated heterocycles. The van der Waals surface area contributed by atoms with Crippen molar-refractivity contribution in [2.75, 3.05) is 0 Å². The van der Waals surface area contributed by atoms with Gasteiger partial charge < -0.3 is 0 Å². The maximum absolute atomic E-state index is 4.96. The maximum Gasteiger partial charge on any atom is 0.164 e. The molecular weight excluding hydrogens is 522 g/mol. The zero-order valence-corrected chi connectivity index (χ0v) is 23.9. The second-order valence-electron chi connectivity index (χ2n) is 10.6. The summed E-state index contributed by atoms with van der Waals surface area (Å²) in [6.07, 6.45) is 0. The van der Waals surface area contributed by atoms with Crippen molar-refractivity contribution < 1.29 is 0 Å². The highest BCUT2D eigenvalue weighted by molar-refractivity contribution is 5.73. The van der Waals surface area contributed by atoms with Gasteiger partial charge in [0.1, 0.15) is 0 Å². The number of hydrogen-bond donors (Lipinski definition) is 0. The summed E-state index contributed by atoms with van der Waals surface area (Å²) in [5.74, 6) is 1.94. The molecule has 0 saturated carbocycles. The van der Waals surface area contributed by atoms with Gasteiger partial charge in [0.2, 0.25) is 0 Å². The van der Waals surface area contributed by atoms with E-state index in [0.29, 0.717) is 17.5 Å². The quantitative estimate of drug-likeness (QED) is 0.206. The molecule has 6 aromatic carbocycles. The lowest BCUT2D eigenvalue weighted by atomic mass is 10.0. The van der Waals surface area contributed by atoms with Crippen molar-refractivity contribution in [3.8, 4) is 67.5 Å². The van der Waals surface area contributed by atoms with E-state index in [2.05, 4.69) is 153 Å². The Morgan fingerprint density at radius 3 is 0.791 bits per heavy atom. The zero-order chi connectivity index (χ0) is 29.0. The number of rotatable bonds is 6. The van der Waals surface area contributed by atoms with Gasteiger partial charge in [-0.15, -0.1) is 0 Å². The highest BCUT2D eigenvalue weighted by Crippen LogP contribution is 2.30. The van der Waals surface area contributed by atoms with Gasteiger partial charge in [-0.3, -0.25) is 0 Å². The molecular formula is C40H29N3. The molecule has 7 aromatic rings. The van der Waals surface area contributed by atoms with Gasteiger partial charge in [-0.25, -0.2) is 15.0 Å². The summed E-state index contributed by atoms with van der Waals surface area (Å²) in [7, 11) is 0. The molecule has 204 valence electrons. The Labute approximate surface area is 252 Å². The van der Waals surface area contributed by atoms with Gasteiger partial charge in [0.15, 0.2) is 17.5 Å². The Morgan fingerprint density at radius 1 is 0.256 bits per heavy atom. The first-order valence-corrected chi connectivity index (χ1v) is 14.4. The van der Waals surface area contributed by atoms with E-state index in [1.165, 1.54) is 22.3 Å². The molecule has 0 aliphatic carbocycles. The van der Waals surface area contributed by atoms with Crippen LogP contribution in [0.4, 0.5) is 0 Å². The number of hydrogen-bond acceptors (Lipinski definition) is 3. The number of aromatic nitrogens is 3. The minimum Gasteiger partial charge on any atom is -0.208 e. The van der Waals surface area contributed by atoms with Gasteiger partial charge in [-0.2, -0.15) is 0 Å². The van der Waals surface area contributed by atoms with Crippen LogP contribution < -0.4 is 0 Å². The second kappa shape index (κ2) is 11.7. The van der Waals surface area contributed by atoms with Crippen LogP contribution in [-0.4, -0.2) is 15.0 Å². The second-order valence-corrected chi connectivity index (χ2v) is 10.6. The average Bonchev–Trinajstić information content (AvgIpc) is 3.09. The van der Waals surface area contributed by atoms with Crippen LogP contribution in [0, 0.1) is 6.92 Å². The Kier molecular flexibility index (Phi) is 7.12. The Hall–Kier alpha value is -5.67. The summed E-state index contributed by atoms with van der Waals surface area (Å²) in [5, 5.41) is 0. The molecule has 0 amide bonds. The van der Waals surface area contributed by atoms with E-state index in [-0.39, 0.29) is 0 Å². The molecule has 1 aromatic heterocycles. The first-order valence-electron chi connectivity index (χ1n) is 14.4. The molecule has 0 radical (unpaired) electrons. The number of benzene rings is 6. The van der Waals surface area contributed by atoms with Gasteiger partial charge in [-0.1, -0.05) is 163 Å². The molecule has 3 heteroatoms. The van der Waals surface area contributed by atoms with Gasteiger partial charge in [0, 0.05) is 16.7 Å². The summed E-state index contributed by atoms with van der Waals surface area (Å²) < 4.78 is 0. The van der Waals surface area contributed by atoms with Gasteiger partial charge in [-0.05, 0) is 40.3 Å². The molecule has 0 fully saturated rings. The molecule has 0 bridgehead atoms. The molecule has 3 nitrogen and oxygen atoms in total. The van der Waals surface area contributed by atoms with Crippen molar-refractivity contribution >= 4 is 0 Å². The van der Waals surface area contributed by atoms with Crippen LogP contribution in [0.25, 0.3) is 67.5 Å². The van der Waals surface area contributed by atoms with Crippen molar-refractivity contribution in [2.24, 2.45) is 0 Å². The van der Waals surface area contributed by atoms with Crippen LogP contribution in [0.1, 0.15) is 5.56 Å². The average molecular weight is 552 g/mol. The first-order chi connectivity index (χ1) is 21.2. The molecule has 0 aliphatic rings. The predicted octanol–water partition coefficient (Wildman–Crippen LogP) is 10.2. The molecule has 0 spiro atoms. The molecule has 1 heterocycles. The third-order valence-corrected chi connectivity index (χ3v) is 7.66. The normalized spacial score (nSPS) is 10.9. The number of aryl methyl sites for hydroxylation is 1. The predicted molar refractivity (Wildman–Crippen MR) is 177 cm³/mol. The molecule has 7 rings (SSSR count). The summed E-state index contributed by atoms with van der Waals surface area (Å²) in [4.78, 5) is 14.9. The Balaban J connectivity index is 1.28. The summed E-state index contributed by atoms with van der Waals surface area (Å²) in [6, 6.07) is 54.6. The summed E-state index contributed by atoms with van der Waals surface area (Å²) >= 11 is 0. The first kappa shape index (κ1) is 26.2. The fourth-order valence-electron chi connectivity index (χ4n) is 5.21. The number of nitrogens with zero attached hydrogens (tertiary/aromatic N) is 3. The van der Waals surface area contributed by atoms with E-state index in [4.69, 9.17) is 15.0 Å². The smallest absolute Gasteiger partial charge is 0.164 e. The largest absolute Gasteiger partial charge is 0.208 e. The van der Waals surface area contributed by atoms with E-state index < -0.39 is 0 Å². The summed E-state index contributed by atoms with van der Waals surface area (Å²) in [5.41, 5.74) is 11.1.